The van der Waals surface area contributed by atoms with E-state index < -0.39 is 17.3 Å². The number of fused-ring (bicyclic) bond motifs is 2. The number of hydrogen-bond acceptors (Lipinski definition) is 5. The van der Waals surface area contributed by atoms with E-state index in [1.54, 1.807) is 42.5 Å². The molecule has 1 N–H and O–H groups in total. The van der Waals surface area contributed by atoms with Crippen molar-refractivity contribution >= 4 is 22.7 Å². The fraction of sp³-hybridized carbons (Fsp3) is 0.120. The summed E-state index contributed by atoms with van der Waals surface area (Å²) in [6.07, 6.45) is -3.24. The fourth-order valence-electron chi connectivity index (χ4n) is 3.81. The average Bonchev–Trinajstić information content (AvgIpc) is 3.29. The molecule has 0 unspecified atom stereocenters. The molecule has 172 valence electrons. The molecule has 1 aliphatic rings. The molecule has 0 radical (unpaired) electrons. The molecule has 0 bridgehead atoms. The van der Waals surface area contributed by atoms with Crippen LogP contribution in [0, 0.1) is 0 Å². The third kappa shape index (κ3) is 3.96. The van der Waals surface area contributed by atoms with Crippen molar-refractivity contribution in [1.82, 2.24) is 4.57 Å². The van der Waals surface area contributed by atoms with Crippen LogP contribution in [-0.2, 0) is 12.7 Å². The Morgan fingerprint density at radius 1 is 0.971 bits per heavy atom. The molecule has 0 saturated carbocycles. The molecule has 1 aliphatic heterocycles. The predicted molar refractivity (Wildman–Crippen MR) is 120 cm³/mol. The monoisotopic (exact) mass is 466 g/mol. The lowest BCUT2D eigenvalue weighted by molar-refractivity contribution is -0.137. The minimum Gasteiger partial charge on any atom is -0.494 e. The van der Waals surface area contributed by atoms with Crippen LogP contribution < -0.4 is 15.0 Å². The number of hydrogen-bond donors (Lipinski definition) is 1. The Kier molecular flexibility index (Phi) is 5.24. The lowest BCUT2D eigenvalue weighted by atomic mass is 10.1. The van der Waals surface area contributed by atoms with Gasteiger partial charge in [-0.05, 0) is 42.0 Å². The molecule has 4 aromatic rings. The Hall–Kier alpha value is -4.27. The Morgan fingerprint density at radius 2 is 1.74 bits per heavy atom. The van der Waals surface area contributed by atoms with Crippen molar-refractivity contribution in [2.75, 3.05) is 6.79 Å². The minimum atomic E-state index is -4.50. The molecular weight excluding hydrogens is 449 g/mol. The van der Waals surface area contributed by atoms with Crippen LogP contribution in [0.5, 0.6) is 17.4 Å². The van der Waals surface area contributed by atoms with E-state index in [-0.39, 0.29) is 30.5 Å². The Morgan fingerprint density at radius 3 is 2.53 bits per heavy atom. The lowest BCUT2D eigenvalue weighted by Crippen LogP contribution is -2.22. The third-order valence-corrected chi connectivity index (χ3v) is 5.48. The summed E-state index contributed by atoms with van der Waals surface area (Å²) in [5, 5.41) is 11.8. The second-order valence-corrected chi connectivity index (χ2v) is 7.67. The first-order chi connectivity index (χ1) is 16.3. The highest BCUT2D eigenvalue weighted by Gasteiger charge is 2.30. The highest BCUT2D eigenvalue weighted by Crippen LogP contribution is 2.34. The summed E-state index contributed by atoms with van der Waals surface area (Å²) < 4.78 is 51.0. The maximum absolute atomic E-state index is 13.1. The van der Waals surface area contributed by atoms with Crippen molar-refractivity contribution in [2.45, 2.75) is 12.7 Å². The van der Waals surface area contributed by atoms with Crippen molar-refractivity contribution < 1.29 is 27.8 Å². The van der Waals surface area contributed by atoms with E-state index in [1.807, 2.05) is 0 Å². The first-order valence-electron chi connectivity index (χ1n) is 10.3. The number of aliphatic imine (C=N–C) groups is 1. The van der Waals surface area contributed by atoms with Crippen molar-refractivity contribution in [3.05, 3.63) is 93.8 Å². The van der Waals surface area contributed by atoms with Gasteiger partial charge in [0.1, 0.15) is 0 Å². The largest absolute Gasteiger partial charge is 0.494 e. The van der Waals surface area contributed by atoms with E-state index in [9.17, 15) is 23.1 Å². The van der Waals surface area contributed by atoms with Gasteiger partial charge in [-0.15, -0.1) is 0 Å². The molecule has 9 heteroatoms. The standard InChI is InChI=1S/C25H17F3N2O4/c26-25(27,28)16-4-3-5-17(11-16)29-12-20-18-6-1-2-7-19(18)23(31)30(24(20)32)13-15-8-9-21-22(10-15)34-14-33-21/h1-12,32H,13-14H2. The van der Waals surface area contributed by atoms with E-state index in [0.717, 1.165) is 12.1 Å². The van der Waals surface area contributed by atoms with E-state index >= 15 is 0 Å². The zero-order valence-electron chi connectivity index (χ0n) is 17.5. The number of rotatable bonds is 4. The van der Waals surface area contributed by atoms with Gasteiger partial charge in [-0.1, -0.05) is 30.3 Å². The average molecular weight is 466 g/mol. The van der Waals surface area contributed by atoms with Crippen LogP contribution in [0.3, 0.4) is 0 Å². The van der Waals surface area contributed by atoms with Gasteiger partial charge < -0.3 is 14.6 Å². The summed E-state index contributed by atoms with van der Waals surface area (Å²) in [5.74, 6) is 0.780. The number of aromatic hydroxyl groups is 1. The number of nitrogens with zero attached hydrogens (tertiary/aromatic N) is 2. The number of halogens is 3. The molecule has 0 atom stereocenters. The molecular formula is C25H17F3N2O4. The number of ether oxygens (including phenoxy) is 2. The predicted octanol–water partition coefficient (Wildman–Crippen LogP) is 5.25. The van der Waals surface area contributed by atoms with Crippen molar-refractivity contribution in [1.29, 1.82) is 0 Å². The Bertz CT molecular complexity index is 1490. The van der Waals surface area contributed by atoms with Crippen molar-refractivity contribution in [3.8, 4) is 17.4 Å². The van der Waals surface area contributed by atoms with E-state index in [0.29, 0.717) is 27.8 Å². The number of aromatic nitrogens is 1. The van der Waals surface area contributed by atoms with Crippen LogP contribution in [0.2, 0.25) is 0 Å². The molecule has 1 aromatic heterocycles. The van der Waals surface area contributed by atoms with Crippen LogP contribution in [0.4, 0.5) is 18.9 Å². The molecule has 3 aromatic carbocycles. The molecule has 0 aliphatic carbocycles. The second-order valence-electron chi connectivity index (χ2n) is 7.67. The van der Waals surface area contributed by atoms with Gasteiger partial charge in [-0.2, -0.15) is 13.2 Å². The minimum absolute atomic E-state index is 0.0382. The summed E-state index contributed by atoms with van der Waals surface area (Å²) in [7, 11) is 0. The summed E-state index contributed by atoms with van der Waals surface area (Å²) in [4.78, 5) is 17.3. The van der Waals surface area contributed by atoms with Crippen molar-refractivity contribution in [3.63, 3.8) is 0 Å². The Balaban J connectivity index is 1.60. The topological polar surface area (TPSA) is 73.0 Å². The SMILES string of the molecule is O=c1c2ccccc2c(C=Nc2cccc(C(F)(F)F)c2)c(O)n1Cc1ccc2c(c1)OCO2. The quantitative estimate of drug-likeness (QED) is 0.417. The molecule has 2 heterocycles. The van der Waals surface area contributed by atoms with Crippen LogP contribution in [0.1, 0.15) is 16.7 Å². The summed E-state index contributed by atoms with van der Waals surface area (Å²) in [6.45, 7) is 0.145. The van der Waals surface area contributed by atoms with E-state index in [1.165, 1.54) is 22.9 Å². The number of pyridine rings is 1. The maximum atomic E-state index is 13.1. The highest BCUT2D eigenvalue weighted by molar-refractivity contribution is 6.02. The normalized spacial score (nSPS) is 13.1. The lowest BCUT2D eigenvalue weighted by Gasteiger charge is -2.14. The van der Waals surface area contributed by atoms with Gasteiger partial charge in [0.15, 0.2) is 11.5 Å². The van der Waals surface area contributed by atoms with Gasteiger partial charge in [0.25, 0.3) is 5.56 Å². The van der Waals surface area contributed by atoms with E-state index in [2.05, 4.69) is 4.99 Å². The van der Waals surface area contributed by atoms with Gasteiger partial charge >= 0.3 is 6.18 Å². The Labute approximate surface area is 191 Å². The zero-order chi connectivity index (χ0) is 23.9. The van der Waals surface area contributed by atoms with Gasteiger partial charge in [0.05, 0.1) is 23.4 Å². The molecule has 0 spiro atoms. The van der Waals surface area contributed by atoms with Gasteiger partial charge in [-0.3, -0.25) is 14.4 Å². The number of benzene rings is 3. The zero-order valence-corrected chi connectivity index (χ0v) is 17.5. The first kappa shape index (κ1) is 21.6. The molecule has 0 saturated heterocycles. The number of alkyl halides is 3. The van der Waals surface area contributed by atoms with Crippen molar-refractivity contribution in [2.24, 2.45) is 4.99 Å². The molecule has 34 heavy (non-hydrogen) atoms. The summed E-state index contributed by atoms with van der Waals surface area (Å²) in [6, 6.07) is 16.4. The van der Waals surface area contributed by atoms with E-state index in [4.69, 9.17) is 9.47 Å². The van der Waals surface area contributed by atoms with Crippen LogP contribution in [0.25, 0.3) is 10.8 Å². The second kappa shape index (κ2) is 8.26. The van der Waals surface area contributed by atoms with Crippen LogP contribution in [-0.4, -0.2) is 22.7 Å². The molecule has 0 amide bonds. The first-order valence-corrected chi connectivity index (χ1v) is 10.3. The van der Waals surface area contributed by atoms with Gasteiger partial charge in [0.2, 0.25) is 12.7 Å². The molecule has 5 rings (SSSR count). The molecule has 0 fully saturated rings. The van der Waals surface area contributed by atoms with Gasteiger partial charge in [-0.25, -0.2) is 0 Å². The summed E-state index contributed by atoms with van der Waals surface area (Å²) >= 11 is 0. The maximum Gasteiger partial charge on any atom is 0.416 e. The summed E-state index contributed by atoms with van der Waals surface area (Å²) in [5.41, 5.74) is -0.274. The van der Waals surface area contributed by atoms with Gasteiger partial charge in [0, 0.05) is 17.0 Å². The van der Waals surface area contributed by atoms with Crippen LogP contribution >= 0.6 is 0 Å². The van der Waals surface area contributed by atoms with Crippen LogP contribution in [0.15, 0.2) is 76.5 Å². The highest BCUT2D eigenvalue weighted by atomic mass is 19.4. The fourth-order valence-corrected chi connectivity index (χ4v) is 3.81. The molecule has 6 nitrogen and oxygen atoms in total. The smallest absolute Gasteiger partial charge is 0.416 e. The third-order valence-electron chi connectivity index (χ3n) is 5.48.